The molecule has 0 fully saturated rings. The van der Waals surface area contributed by atoms with Crippen LogP contribution in [0.4, 0.5) is 0 Å². The summed E-state index contributed by atoms with van der Waals surface area (Å²) in [5.74, 6) is 0. The molecule has 3 aromatic carbocycles. The minimum Gasteiger partial charge on any atom is -0.256 e. The van der Waals surface area contributed by atoms with Crippen molar-refractivity contribution in [3.8, 4) is 33.5 Å². The van der Waals surface area contributed by atoms with Crippen molar-refractivity contribution < 1.29 is 0 Å². The highest BCUT2D eigenvalue weighted by Gasteiger charge is 2.12. The highest BCUT2D eigenvalue weighted by molar-refractivity contribution is 14.1. The monoisotopic (exact) mass is 591 g/mol. The van der Waals surface area contributed by atoms with Crippen LogP contribution in [0.25, 0.3) is 64.7 Å². The van der Waals surface area contributed by atoms with Gasteiger partial charge in [0.05, 0.1) is 11.2 Å². The van der Waals surface area contributed by atoms with Crippen molar-refractivity contribution in [1.82, 2.24) is 15.0 Å². The Labute approximate surface area is 225 Å². The number of hydrogen-bond donors (Lipinski definition) is 0. The summed E-state index contributed by atoms with van der Waals surface area (Å²) in [6, 6.07) is 32.0. The molecule has 3 nitrogen and oxygen atoms in total. The molecule has 5 heteroatoms. The molecule has 0 saturated carbocycles. The Morgan fingerprint density at radius 2 is 1.42 bits per heavy atom. The van der Waals surface area contributed by atoms with Crippen molar-refractivity contribution in [3.05, 3.63) is 113 Å². The molecule has 0 atom stereocenters. The van der Waals surface area contributed by atoms with E-state index in [0.29, 0.717) is 0 Å². The molecule has 0 amide bonds. The van der Waals surface area contributed by atoms with Crippen LogP contribution in [0.3, 0.4) is 0 Å². The first kappa shape index (κ1) is 21.6. The lowest BCUT2D eigenvalue weighted by Gasteiger charge is -2.08. The molecule has 0 aliphatic rings. The molecule has 0 aliphatic carbocycles. The van der Waals surface area contributed by atoms with Crippen LogP contribution >= 0.6 is 33.9 Å². The first-order valence-corrected chi connectivity index (χ1v) is 13.5. The summed E-state index contributed by atoms with van der Waals surface area (Å²) in [6.07, 6.45) is 5.74. The zero-order valence-electron chi connectivity index (χ0n) is 19.0. The van der Waals surface area contributed by atoms with Gasteiger partial charge in [0.2, 0.25) is 0 Å². The van der Waals surface area contributed by atoms with Gasteiger partial charge in [-0.3, -0.25) is 9.97 Å². The highest BCUT2D eigenvalue weighted by Crippen LogP contribution is 2.38. The van der Waals surface area contributed by atoms with Gasteiger partial charge in [0.25, 0.3) is 0 Å². The van der Waals surface area contributed by atoms with Crippen LogP contribution < -0.4 is 0 Å². The summed E-state index contributed by atoms with van der Waals surface area (Å²) >= 11 is 4.05. The fraction of sp³-hybridized carbons (Fsp3) is 0. The van der Waals surface area contributed by atoms with E-state index in [1.54, 1.807) is 11.3 Å². The lowest BCUT2D eigenvalue weighted by atomic mass is 10.0. The molecule has 36 heavy (non-hydrogen) atoms. The van der Waals surface area contributed by atoms with E-state index in [1.165, 1.54) is 30.2 Å². The summed E-state index contributed by atoms with van der Waals surface area (Å²) in [5.41, 5.74) is 7.59. The fourth-order valence-corrected chi connectivity index (χ4v) is 6.18. The van der Waals surface area contributed by atoms with E-state index in [1.807, 2.05) is 24.7 Å². The fourth-order valence-electron chi connectivity index (χ4n) is 4.66. The number of thiophene rings is 1. The van der Waals surface area contributed by atoms with Gasteiger partial charge >= 0.3 is 0 Å². The Morgan fingerprint density at radius 3 is 2.28 bits per heavy atom. The molecule has 0 unspecified atom stereocenters. The van der Waals surface area contributed by atoms with Gasteiger partial charge in [0.1, 0.15) is 4.83 Å². The van der Waals surface area contributed by atoms with Crippen LogP contribution in [0, 0.1) is 3.57 Å². The lowest BCUT2D eigenvalue weighted by molar-refractivity contribution is 1.32. The minimum absolute atomic E-state index is 0.965. The number of benzene rings is 3. The number of fused-ring (bicyclic) bond motifs is 4. The van der Waals surface area contributed by atoms with Gasteiger partial charge in [-0.25, -0.2) is 4.98 Å². The number of hydrogen-bond acceptors (Lipinski definition) is 4. The number of nitrogens with zero attached hydrogens (tertiary/aromatic N) is 3. The van der Waals surface area contributed by atoms with Crippen molar-refractivity contribution in [3.63, 3.8) is 0 Å². The van der Waals surface area contributed by atoms with E-state index in [0.717, 1.165) is 38.1 Å². The molecule has 7 rings (SSSR count). The van der Waals surface area contributed by atoms with E-state index in [2.05, 4.69) is 113 Å². The van der Waals surface area contributed by atoms with Crippen molar-refractivity contribution in [1.29, 1.82) is 0 Å². The maximum absolute atomic E-state index is 4.84. The zero-order valence-corrected chi connectivity index (χ0v) is 22.0. The summed E-state index contributed by atoms with van der Waals surface area (Å²) < 4.78 is 2.46. The minimum atomic E-state index is 0.965. The van der Waals surface area contributed by atoms with E-state index < -0.39 is 0 Å². The van der Waals surface area contributed by atoms with Gasteiger partial charge in [0.15, 0.2) is 0 Å². The van der Waals surface area contributed by atoms with Crippen molar-refractivity contribution >= 4 is 65.1 Å². The third-order valence-corrected chi connectivity index (χ3v) is 8.39. The first-order valence-electron chi connectivity index (χ1n) is 11.6. The number of rotatable bonds is 3. The van der Waals surface area contributed by atoms with Crippen molar-refractivity contribution in [2.24, 2.45) is 0 Å². The van der Waals surface area contributed by atoms with Gasteiger partial charge in [-0.05, 0) is 76.2 Å². The summed E-state index contributed by atoms with van der Waals surface area (Å²) in [6.45, 7) is 0. The Morgan fingerprint density at radius 1 is 0.611 bits per heavy atom. The van der Waals surface area contributed by atoms with Gasteiger partial charge in [-0.2, -0.15) is 0 Å². The van der Waals surface area contributed by atoms with Crippen LogP contribution in [0.5, 0.6) is 0 Å². The number of halogens is 1. The van der Waals surface area contributed by atoms with Crippen LogP contribution in [-0.4, -0.2) is 15.0 Å². The molecule has 7 aromatic rings. The van der Waals surface area contributed by atoms with E-state index >= 15 is 0 Å². The van der Waals surface area contributed by atoms with Gasteiger partial charge in [-0.1, -0.05) is 48.5 Å². The van der Waals surface area contributed by atoms with Gasteiger partial charge in [0, 0.05) is 59.7 Å². The Balaban J connectivity index is 1.23. The van der Waals surface area contributed by atoms with Crippen LogP contribution in [-0.2, 0) is 0 Å². The average molecular weight is 591 g/mol. The number of pyridine rings is 3. The van der Waals surface area contributed by atoms with Gasteiger partial charge < -0.3 is 0 Å². The molecule has 0 N–H and O–H groups in total. The second-order valence-electron chi connectivity index (χ2n) is 8.71. The van der Waals surface area contributed by atoms with Crippen LogP contribution in [0.2, 0.25) is 0 Å². The molecule has 170 valence electrons. The van der Waals surface area contributed by atoms with E-state index in [4.69, 9.17) is 9.97 Å². The van der Waals surface area contributed by atoms with Gasteiger partial charge in [-0.15, -0.1) is 11.3 Å². The van der Waals surface area contributed by atoms with Crippen molar-refractivity contribution in [2.75, 3.05) is 0 Å². The van der Waals surface area contributed by atoms with Crippen LogP contribution in [0.1, 0.15) is 0 Å². The molecule has 4 heterocycles. The third-order valence-electron chi connectivity index (χ3n) is 6.51. The summed E-state index contributed by atoms with van der Waals surface area (Å²) in [7, 11) is 0. The predicted octanol–water partition coefficient (Wildman–Crippen LogP) is 9.00. The topological polar surface area (TPSA) is 38.7 Å². The average Bonchev–Trinajstić information content (AvgIpc) is 3.32. The summed E-state index contributed by atoms with van der Waals surface area (Å²) in [4.78, 5) is 15.2. The maximum Gasteiger partial charge on any atom is 0.124 e. The smallest absolute Gasteiger partial charge is 0.124 e. The van der Waals surface area contributed by atoms with E-state index in [9.17, 15) is 0 Å². The standard InChI is InChI=1S/C31H18IN3S/c32-24-11-8-19(9-12-24)20-6-7-21-15-23(18-35-29(21)16-20)22-10-13-28(34-17-22)27-4-1-3-25-26-5-2-14-33-31(26)36-30(25)27/h1-18H. The maximum atomic E-state index is 4.84. The predicted molar refractivity (Wildman–Crippen MR) is 159 cm³/mol. The first-order chi connectivity index (χ1) is 17.7. The van der Waals surface area contributed by atoms with E-state index in [-0.39, 0.29) is 0 Å². The molecular formula is C31H18IN3S. The quantitative estimate of drug-likeness (QED) is 0.193. The molecule has 0 aliphatic heterocycles. The second-order valence-corrected chi connectivity index (χ2v) is 11.0. The second kappa shape index (κ2) is 8.76. The highest BCUT2D eigenvalue weighted by atomic mass is 127. The number of aromatic nitrogens is 3. The lowest BCUT2D eigenvalue weighted by Crippen LogP contribution is -1.88. The SMILES string of the molecule is Ic1ccc(-c2ccc3cc(-c4ccc(-c5cccc6c5sc5ncccc56)nc4)cnc3c2)cc1. The molecule has 0 bridgehead atoms. The van der Waals surface area contributed by atoms with Crippen molar-refractivity contribution in [2.45, 2.75) is 0 Å². The summed E-state index contributed by atoms with van der Waals surface area (Å²) in [5, 5.41) is 3.55. The van der Waals surface area contributed by atoms with Crippen LogP contribution in [0.15, 0.2) is 110 Å². The normalized spacial score (nSPS) is 11.5. The molecule has 0 radical (unpaired) electrons. The Hall–Kier alpha value is -3.68. The molecule has 0 spiro atoms. The zero-order chi connectivity index (χ0) is 24.1. The molecule has 4 aromatic heterocycles. The molecular weight excluding hydrogens is 573 g/mol. The third kappa shape index (κ3) is 3.75. The molecule has 0 saturated heterocycles. The largest absolute Gasteiger partial charge is 0.256 e. The Kier molecular flexibility index (Phi) is 5.26. The Bertz CT molecular complexity index is 1890.